The van der Waals surface area contributed by atoms with Crippen LogP contribution in [0.1, 0.15) is 24.1 Å². The quantitative estimate of drug-likeness (QED) is 0.525. The van der Waals surface area contributed by atoms with Crippen molar-refractivity contribution in [3.8, 4) is 11.1 Å². The van der Waals surface area contributed by atoms with Crippen molar-refractivity contribution in [2.45, 2.75) is 26.8 Å². The van der Waals surface area contributed by atoms with E-state index in [2.05, 4.69) is 10.3 Å². The number of nitrogens with one attached hydrogen (secondary N) is 1. The zero-order chi connectivity index (χ0) is 20.5. The van der Waals surface area contributed by atoms with Gasteiger partial charge in [-0.25, -0.2) is 4.98 Å². The number of carbonyl (C=O) groups excluding carboxylic acids is 1. The molecule has 0 aliphatic rings. The van der Waals surface area contributed by atoms with Crippen molar-refractivity contribution < 1.29 is 4.79 Å². The molecule has 0 radical (unpaired) electrons. The second kappa shape index (κ2) is 7.64. The van der Waals surface area contributed by atoms with Gasteiger partial charge in [-0.2, -0.15) is 0 Å². The normalized spacial score (nSPS) is 12.1. The lowest BCUT2D eigenvalue weighted by molar-refractivity contribution is -0.118. The minimum absolute atomic E-state index is 0.210. The summed E-state index contributed by atoms with van der Waals surface area (Å²) in [7, 11) is 0. The highest BCUT2D eigenvalue weighted by molar-refractivity contribution is 7.17. The van der Waals surface area contributed by atoms with Crippen molar-refractivity contribution in [3.05, 3.63) is 81.7 Å². The molecule has 146 valence electrons. The van der Waals surface area contributed by atoms with E-state index in [0.29, 0.717) is 15.9 Å². The van der Waals surface area contributed by atoms with Crippen LogP contribution in [0.25, 0.3) is 21.3 Å². The topological polar surface area (TPSA) is 64.0 Å². The van der Waals surface area contributed by atoms with Crippen LogP contribution in [-0.4, -0.2) is 15.5 Å². The Bertz CT molecular complexity index is 1240. The number of hydrogen-bond acceptors (Lipinski definition) is 4. The van der Waals surface area contributed by atoms with Crippen LogP contribution in [0.15, 0.2) is 65.0 Å². The van der Waals surface area contributed by atoms with Crippen LogP contribution in [0.2, 0.25) is 0 Å². The van der Waals surface area contributed by atoms with Gasteiger partial charge in [-0.05, 0) is 38.5 Å². The first kappa shape index (κ1) is 19.1. The van der Waals surface area contributed by atoms with Crippen molar-refractivity contribution in [3.63, 3.8) is 0 Å². The summed E-state index contributed by atoms with van der Waals surface area (Å²) in [6, 6.07) is 14.9. The lowest BCUT2D eigenvalue weighted by Gasteiger charge is -2.15. The highest BCUT2D eigenvalue weighted by Gasteiger charge is 2.20. The van der Waals surface area contributed by atoms with Gasteiger partial charge in [0.2, 0.25) is 5.91 Å². The van der Waals surface area contributed by atoms with Crippen LogP contribution in [0.4, 0.5) is 5.69 Å². The Kier molecular flexibility index (Phi) is 5.03. The fourth-order valence-electron chi connectivity index (χ4n) is 3.18. The third kappa shape index (κ3) is 3.71. The molecule has 0 unspecified atom stereocenters. The van der Waals surface area contributed by atoms with Gasteiger partial charge < -0.3 is 5.32 Å². The monoisotopic (exact) mass is 403 g/mol. The van der Waals surface area contributed by atoms with E-state index < -0.39 is 6.04 Å². The predicted octanol–water partition coefficient (Wildman–Crippen LogP) is 4.94. The number of hydrogen-bond donors (Lipinski definition) is 1. The molecule has 0 saturated carbocycles. The predicted molar refractivity (Wildman–Crippen MR) is 119 cm³/mol. The highest BCUT2D eigenvalue weighted by atomic mass is 32.1. The van der Waals surface area contributed by atoms with Gasteiger partial charge in [0.1, 0.15) is 10.9 Å². The molecule has 1 amide bonds. The van der Waals surface area contributed by atoms with Crippen molar-refractivity contribution in [2.75, 3.05) is 5.32 Å². The number of benzene rings is 2. The Hall–Kier alpha value is -3.25. The van der Waals surface area contributed by atoms with E-state index in [1.54, 1.807) is 6.92 Å². The van der Waals surface area contributed by atoms with E-state index in [-0.39, 0.29) is 11.5 Å². The van der Waals surface area contributed by atoms with Crippen molar-refractivity contribution in [1.82, 2.24) is 9.55 Å². The van der Waals surface area contributed by atoms with Crippen LogP contribution < -0.4 is 10.9 Å². The Morgan fingerprint density at radius 2 is 1.66 bits per heavy atom. The van der Waals surface area contributed by atoms with Crippen LogP contribution in [0.3, 0.4) is 0 Å². The molecule has 29 heavy (non-hydrogen) atoms. The molecule has 5 nitrogen and oxygen atoms in total. The molecule has 4 aromatic rings. The second-order valence-corrected chi connectivity index (χ2v) is 8.04. The first-order chi connectivity index (χ1) is 13.9. The standard InChI is InChI=1S/C23H21N3O2S/c1-14-4-8-17(9-5-14)19-12-29-22-20(19)23(28)26(13-24-22)16(3)21(27)25-18-10-6-15(2)7-11-18/h4-13,16H,1-3H3,(H,25,27)/t16-/m0/s1. The van der Waals surface area contributed by atoms with Crippen molar-refractivity contribution in [1.29, 1.82) is 0 Å². The number of amides is 1. The first-order valence-electron chi connectivity index (χ1n) is 9.37. The van der Waals surface area contributed by atoms with Crippen LogP contribution in [0, 0.1) is 13.8 Å². The van der Waals surface area contributed by atoms with Gasteiger partial charge in [-0.3, -0.25) is 14.2 Å². The molecule has 0 fully saturated rings. The van der Waals surface area contributed by atoms with Gasteiger partial charge in [0, 0.05) is 16.6 Å². The molecule has 0 aliphatic heterocycles. The summed E-state index contributed by atoms with van der Waals surface area (Å²) in [5.41, 5.74) is 4.58. The van der Waals surface area contributed by atoms with Gasteiger partial charge in [0.15, 0.2) is 0 Å². The second-order valence-electron chi connectivity index (χ2n) is 7.18. The number of aromatic nitrogens is 2. The zero-order valence-electron chi connectivity index (χ0n) is 16.5. The Morgan fingerprint density at radius 1 is 1.03 bits per heavy atom. The van der Waals surface area contributed by atoms with E-state index >= 15 is 0 Å². The van der Waals surface area contributed by atoms with Gasteiger partial charge in [-0.15, -0.1) is 11.3 Å². The van der Waals surface area contributed by atoms with Crippen molar-refractivity contribution in [2.24, 2.45) is 0 Å². The van der Waals surface area contributed by atoms with Crippen LogP contribution >= 0.6 is 11.3 Å². The van der Waals surface area contributed by atoms with E-state index in [0.717, 1.165) is 22.3 Å². The first-order valence-corrected chi connectivity index (χ1v) is 10.2. The summed E-state index contributed by atoms with van der Waals surface area (Å²) < 4.78 is 1.40. The van der Waals surface area contributed by atoms with Gasteiger partial charge in [0.05, 0.1) is 11.7 Å². The molecule has 0 spiro atoms. The fraction of sp³-hybridized carbons (Fsp3) is 0.174. The minimum atomic E-state index is -0.688. The average Bonchev–Trinajstić information content (AvgIpc) is 3.15. The molecule has 6 heteroatoms. The third-order valence-corrected chi connectivity index (χ3v) is 5.88. The number of nitrogens with zero attached hydrogens (tertiary/aromatic N) is 2. The smallest absolute Gasteiger partial charge is 0.263 e. The minimum Gasteiger partial charge on any atom is -0.324 e. The van der Waals surface area contributed by atoms with E-state index in [1.165, 1.54) is 22.2 Å². The van der Waals surface area contributed by atoms with Crippen molar-refractivity contribution >= 4 is 33.1 Å². The fourth-order valence-corrected chi connectivity index (χ4v) is 4.08. The maximum atomic E-state index is 13.2. The molecule has 0 saturated heterocycles. The molecular weight excluding hydrogens is 382 g/mol. The number of anilines is 1. The van der Waals surface area contributed by atoms with Gasteiger partial charge >= 0.3 is 0 Å². The Balaban J connectivity index is 1.70. The zero-order valence-corrected chi connectivity index (χ0v) is 17.3. The molecule has 0 aliphatic carbocycles. The number of carbonyl (C=O) groups is 1. The lowest BCUT2D eigenvalue weighted by atomic mass is 10.0. The number of aryl methyl sites for hydroxylation is 2. The Morgan fingerprint density at radius 3 is 2.31 bits per heavy atom. The Labute approximate surface area is 172 Å². The molecule has 1 N–H and O–H groups in total. The molecular formula is C23H21N3O2S. The third-order valence-electron chi connectivity index (χ3n) is 5.00. The lowest BCUT2D eigenvalue weighted by Crippen LogP contribution is -2.31. The van der Waals surface area contributed by atoms with Gasteiger partial charge in [0.25, 0.3) is 5.56 Å². The summed E-state index contributed by atoms with van der Waals surface area (Å²) in [5.74, 6) is -0.260. The van der Waals surface area contributed by atoms with Gasteiger partial charge in [-0.1, -0.05) is 47.5 Å². The molecule has 2 aromatic heterocycles. The maximum Gasteiger partial charge on any atom is 0.263 e. The van der Waals surface area contributed by atoms with E-state index in [9.17, 15) is 9.59 Å². The van der Waals surface area contributed by atoms with E-state index in [4.69, 9.17) is 0 Å². The number of thiophene rings is 1. The molecule has 1 atom stereocenters. The summed E-state index contributed by atoms with van der Waals surface area (Å²) >= 11 is 1.43. The molecule has 2 heterocycles. The highest BCUT2D eigenvalue weighted by Crippen LogP contribution is 2.31. The maximum absolute atomic E-state index is 13.2. The summed E-state index contributed by atoms with van der Waals surface area (Å²) in [6.45, 7) is 5.72. The van der Waals surface area contributed by atoms with Crippen LogP contribution in [-0.2, 0) is 4.79 Å². The van der Waals surface area contributed by atoms with E-state index in [1.807, 2.05) is 67.8 Å². The number of fused-ring (bicyclic) bond motifs is 1. The summed E-state index contributed by atoms with van der Waals surface area (Å²) in [6.07, 6.45) is 1.46. The largest absolute Gasteiger partial charge is 0.324 e. The van der Waals surface area contributed by atoms with Crippen LogP contribution in [0.5, 0.6) is 0 Å². The average molecular weight is 404 g/mol. The summed E-state index contributed by atoms with van der Waals surface area (Å²) in [5, 5.41) is 5.37. The SMILES string of the molecule is Cc1ccc(NC(=O)[C@H](C)n2cnc3scc(-c4ccc(C)cc4)c3c2=O)cc1. The molecule has 2 aromatic carbocycles. The molecule has 4 rings (SSSR count). The number of rotatable bonds is 4. The molecule has 0 bridgehead atoms. The summed E-state index contributed by atoms with van der Waals surface area (Å²) in [4.78, 5) is 31.1.